The number of nitrogens with one attached hydrogen (secondary N) is 1. The van der Waals surface area contributed by atoms with Crippen LogP contribution in [0.25, 0.3) is 0 Å². The first-order valence-corrected chi connectivity index (χ1v) is 8.80. The topological polar surface area (TPSA) is 49.4 Å². The molecule has 0 spiro atoms. The molecule has 0 fully saturated rings. The van der Waals surface area contributed by atoms with E-state index < -0.39 is 0 Å². The largest absolute Gasteiger partial charge is 0.342 e. The van der Waals surface area contributed by atoms with Gasteiger partial charge in [-0.2, -0.15) is 0 Å². The number of halogens is 1. The monoisotopic (exact) mass is 386 g/mol. The average molecular weight is 387 g/mol. The van der Waals surface area contributed by atoms with Crippen LogP contribution in [0.3, 0.4) is 0 Å². The SMILES string of the molecule is CC(c1cccs1)N(C)C(=O)CNC(=O)c1ccc(Br)s1. The molecule has 0 radical (unpaired) electrons. The smallest absolute Gasteiger partial charge is 0.261 e. The second-order valence-corrected chi connectivity index (χ2v) is 7.92. The number of carbonyl (C=O) groups is 2. The van der Waals surface area contributed by atoms with Gasteiger partial charge in [0, 0.05) is 11.9 Å². The van der Waals surface area contributed by atoms with Crippen molar-refractivity contribution in [1.29, 1.82) is 0 Å². The highest BCUT2D eigenvalue weighted by Gasteiger charge is 2.19. The molecule has 2 aromatic heterocycles. The Morgan fingerprint density at radius 1 is 1.38 bits per heavy atom. The molecule has 4 nitrogen and oxygen atoms in total. The van der Waals surface area contributed by atoms with E-state index in [2.05, 4.69) is 21.2 Å². The first-order valence-electron chi connectivity index (χ1n) is 6.31. The second-order valence-electron chi connectivity index (χ2n) is 4.48. The molecule has 0 aliphatic heterocycles. The molecule has 0 aromatic carbocycles. The molecule has 1 atom stereocenters. The highest BCUT2D eigenvalue weighted by molar-refractivity contribution is 9.11. The summed E-state index contributed by atoms with van der Waals surface area (Å²) in [5.41, 5.74) is 0. The third kappa shape index (κ3) is 4.15. The second kappa shape index (κ2) is 7.20. The Morgan fingerprint density at radius 3 is 2.71 bits per heavy atom. The van der Waals surface area contributed by atoms with Gasteiger partial charge in [0.1, 0.15) is 0 Å². The van der Waals surface area contributed by atoms with Gasteiger partial charge in [-0.15, -0.1) is 22.7 Å². The molecule has 2 heterocycles. The van der Waals surface area contributed by atoms with Crippen molar-refractivity contribution >= 4 is 50.4 Å². The lowest BCUT2D eigenvalue weighted by Gasteiger charge is -2.24. The van der Waals surface area contributed by atoms with Crippen LogP contribution < -0.4 is 5.32 Å². The van der Waals surface area contributed by atoms with Crippen molar-refractivity contribution in [3.05, 3.63) is 43.2 Å². The van der Waals surface area contributed by atoms with E-state index in [0.717, 1.165) is 8.66 Å². The van der Waals surface area contributed by atoms with Gasteiger partial charge < -0.3 is 10.2 Å². The van der Waals surface area contributed by atoms with Crippen LogP contribution in [0.5, 0.6) is 0 Å². The standard InChI is InChI=1S/C14H15BrN2O2S2/c1-9(10-4-3-7-20-10)17(2)13(18)8-16-14(19)11-5-6-12(15)21-11/h3-7,9H,8H2,1-2H3,(H,16,19). The third-order valence-electron chi connectivity index (χ3n) is 3.13. The number of carbonyl (C=O) groups excluding carboxylic acids is 2. The van der Waals surface area contributed by atoms with E-state index in [9.17, 15) is 9.59 Å². The molecule has 0 saturated heterocycles. The lowest BCUT2D eigenvalue weighted by Crippen LogP contribution is -2.38. The van der Waals surface area contributed by atoms with E-state index in [1.54, 1.807) is 29.4 Å². The molecule has 21 heavy (non-hydrogen) atoms. The first kappa shape index (κ1) is 16.2. The fraction of sp³-hybridized carbons (Fsp3) is 0.286. The Hall–Kier alpha value is -1.18. The molecular weight excluding hydrogens is 372 g/mol. The van der Waals surface area contributed by atoms with Gasteiger partial charge in [-0.3, -0.25) is 9.59 Å². The fourth-order valence-electron chi connectivity index (χ4n) is 1.74. The fourth-order valence-corrected chi connectivity index (χ4v) is 3.87. The molecule has 1 unspecified atom stereocenters. The molecule has 1 N–H and O–H groups in total. The van der Waals surface area contributed by atoms with E-state index in [-0.39, 0.29) is 24.4 Å². The average Bonchev–Trinajstić information content (AvgIpc) is 3.13. The normalized spacial score (nSPS) is 12.0. The molecule has 0 aliphatic rings. The highest BCUT2D eigenvalue weighted by Crippen LogP contribution is 2.23. The summed E-state index contributed by atoms with van der Waals surface area (Å²) in [5, 5.41) is 4.64. The Bertz CT molecular complexity index is 625. The maximum absolute atomic E-state index is 12.1. The molecule has 0 saturated carbocycles. The number of amides is 2. The minimum Gasteiger partial charge on any atom is -0.342 e. The molecule has 2 rings (SSSR count). The molecular formula is C14H15BrN2O2S2. The van der Waals surface area contributed by atoms with Gasteiger partial charge in [0.05, 0.1) is 21.3 Å². The number of thiophene rings is 2. The Balaban J connectivity index is 1.88. The van der Waals surface area contributed by atoms with E-state index >= 15 is 0 Å². The molecule has 7 heteroatoms. The number of rotatable bonds is 5. The Morgan fingerprint density at radius 2 is 2.14 bits per heavy atom. The van der Waals surface area contributed by atoms with E-state index in [1.165, 1.54) is 11.3 Å². The number of hydrogen-bond acceptors (Lipinski definition) is 4. The number of likely N-dealkylation sites (N-methyl/N-ethyl adjacent to an activating group) is 1. The number of nitrogens with zero attached hydrogens (tertiary/aromatic N) is 1. The molecule has 112 valence electrons. The van der Waals surface area contributed by atoms with Crippen molar-refractivity contribution in [3.8, 4) is 0 Å². The summed E-state index contributed by atoms with van der Waals surface area (Å²) in [6, 6.07) is 7.51. The van der Waals surface area contributed by atoms with Crippen LogP contribution in [0.4, 0.5) is 0 Å². The van der Waals surface area contributed by atoms with Crippen LogP contribution in [0.15, 0.2) is 33.4 Å². The van der Waals surface area contributed by atoms with Gasteiger partial charge in [0.2, 0.25) is 5.91 Å². The van der Waals surface area contributed by atoms with Gasteiger partial charge in [0.15, 0.2) is 0 Å². The molecule has 0 bridgehead atoms. The van der Waals surface area contributed by atoms with Crippen LogP contribution in [0, 0.1) is 0 Å². The Kier molecular flexibility index (Phi) is 5.55. The van der Waals surface area contributed by atoms with E-state index in [4.69, 9.17) is 0 Å². The summed E-state index contributed by atoms with van der Waals surface area (Å²) in [5.74, 6) is -0.337. The predicted molar refractivity (Wildman–Crippen MR) is 89.9 cm³/mol. The van der Waals surface area contributed by atoms with Crippen LogP contribution >= 0.6 is 38.6 Å². The maximum Gasteiger partial charge on any atom is 0.261 e. The number of hydrogen-bond donors (Lipinski definition) is 1. The highest BCUT2D eigenvalue weighted by atomic mass is 79.9. The first-order chi connectivity index (χ1) is 9.99. The van der Waals surface area contributed by atoms with Crippen molar-refractivity contribution in [3.63, 3.8) is 0 Å². The minimum absolute atomic E-state index is 0.000563. The van der Waals surface area contributed by atoms with Gasteiger partial charge >= 0.3 is 0 Å². The molecule has 2 amide bonds. The molecule has 2 aromatic rings. The minimum atomic E-state index is -0.226. The summed E-state index contributed by atoms with van der Waals surface area (Å²) in [6.07, 6.45) is 0. The lowest BCUT2D eigenvalue weighted by molar-refractivity contribution is -0.130. The van der Waals surface area contributed by atoms with Crippen LogP contribution in [0.1, 0.15) is 27.5 Å². The van der Waals surface area contributed by atoms with Gasteiger partial charge in [-0.25, -0.2) is 0 Å². The van der Waals surface area contributed by atoms with Crippen molar-refractivity contribution in [2.45, 2.75) is 13.0 Å². The zero-order valence-electron chi connectivity index (χ0n) is 11.6. The van der Waals surface area contributed by atoms with Crippen molar-refractivity contribution in [2.24, 2.45) is 0 Å². The zero-order chi connectivity index (χ0) is 15.4. The summed E-state index contributed by atoms with van der Waals surface area (Å²) < 4.78 is 0.891. The van der Waals surface area contributed by atoms with Crippen molar-refractivity contribution in [2.75, 3.05) is 13.6 Å². The summed E-state index contributed by atoms with van der Waals surface area (Å²) >= 11 is 6.27. The maximum atomic E-state index is 12.1. The Labute approximate surface area is 139 Å². The van der Waals surface area contributed by atoms with Crippen molar-refractivity contribution in [1.82, 2.24) is 10.2 Å². The summed E-state index contributed by atoms with van der Waals surface area (Å²) in [4.78, 5) is 27.4. The van der Waals surface area contributed by atoms with Gasteiger partial charge in [-0.1, -0.05) is 6.07 Å². The zero-order valence-corrected chi connectivity index (χ0v) is 14.8. The summed E-state index contributed by atoms with van der Waals surface area (Å²) in [6.45, 7) is 1.97. The summed E-state index contributed by atoms with van der Waals surface area (Å²) in [7, 11) is 1.75. The van der Waals surface area contributed by atoms with Crippen LogP contribution in [-0.2, 0) is 4.79 Å². The van der Waals surface area contributed by atoms with Gasteiger partial charge in [0.25, 0.3) is 5.91 Å². The van der Waals surface area contributed by atoms with Crippen molar-refractivity contribution < 1.29 is 9.59 Å². The predicted octanol–water partition coefficient (Wildman–Crippen LogP) is 3.52. The van der Waals surface area contributed by atoms with Crippen LogP contribution in [0.2, 0.25) is 0 Å². The quantitative estimate of drug-likeness (QED) is 0.854. The molecule has 0 aliphatic carbocycles. The van der Waals surface area contributed by atoms with Crippen LogP contribution in [-0.4, -0.2) is 30.3 Å². The lowest BCUT2D eigenvalue weighted by atomic mass is 10.2. The van der Waals surface area contributed by atoms with Gasteiger partial charge in [-0.05, 0) is 46.4 Å². The van der Waals surface area contributed by atoms with E-state index in [0.29, 0.717) is 4.88 Å². The third-order valence-corrected chi connectivity index (χ3v) is 5.79. The van der Waals surface area contributed by atoms with E-state index in [1.807, 2.05) is 30.5 Å².